The minimum absolute atomic E-state index is 0.242. The van der Waals surface area contributed by atoms with E-state index in [9.17, 15) is 9.59 Å². The number of carboxylic acid groups (broad SMARTS) is 1. The van der Waals surface area contributed by atoms with Gasteiger partial charge in [0.2, 0.25) is 0 Å². The second-order valence-electron chi connectivity index (χ2n) is 3.35. The topological polar surface area (TPSA) is 72.8 Å². The lowest BCUT2D eigenvalue weighted by Gasteiger charge is -2.15. The summed E-state index contributed by atoms with van der Waals surface area (Å²) in [6.07, 6.45) is -1.02. The van der Waals surface area contributed by atoms with Crippen molar-refractivity contribution in [2.45, 2.75) is 13.0 Å². The van der Waals surface area contributed by atoms with Gasteiger partial charge in [-0.3, -0.25) is 0 Å². The average molecular weight is 250 g/mol. The second-order valence-corrected chi connectivity index (χ2v) is 3.35. The first-order valence-corrected chi connectivity index (χ1v) is 5.38. The molecule has 1 aromatic carbocycles. The highest BCUT2D eigenvalue weighted by Gasteiger charge is 2.20. The zero-order valence-corrected chi connectivity index (χ0v) is 9.96. The Morgan fingerprint density at radius 1 is 1.44 bits per heavy atom. The zero-order valence-electron chi connectivity index (χ0n) is 9.96. The third kappa shape index (κ3) is 3.35. The molecule has 0 aromatic heterocycles. The predicted molar refractivity (Wildman–Crippen MR) is 64.4 cm³/mol. The van der Waals surface area contributed by atoms with Crippen molar-refractivity contribution in [3.63, 3.8) is 0 Å². The first-order chi connectivity index (χ1) is 8.60. The van der Waals surface area contributed by atoms with E-state index in [1.54, 1.807) is 31.2 Å². The van der Waals surface area contributed by atoms with Crippen molar-refractivity contribution in [2.24, 2.45) is 0 Å². The molecule has 1 N–H and O–H groups in total. The summed E-state index contributed by atoms with van der Waals surface area (Å²) in [5.74, 6) is -0.520. The van der Waals surface area contributed by atoms with Crippen LogP contribution < -0.4 is 0 Å². The SMILES string of the molecule is C=CC(OC(=O)O)c1ccccc1C(=O)OCC. The van der Waals surface area contributed by atoms with Crippen molar-refractivity contribution >= 4 is 12.1 Å². The number of ether oxygens (including phenoxy) is 2. The molecule has 0 fully saturated rings. The van der Waals surface area contributed by atoms with Gasteiger partial charge >= 0.3 is 12.1 Å². The maximum atomic E-state index is 11.7. The predicted octanol–water partition coefficient (Wildman–Crippen LogP) is 2.79. The minimum atomic E-state index is -1.43. The molecular weight excluding hydrogens is 236 g/mol. The Balaban J connectivity index is 3.10. The number of carbonyl (C=O) groups is 2. The summed E-state index contributed by atoms with van der Waals surface area (Å²) in [4.78, 5) is 22.3. The fraction of sp³-hybridized carbons (Fsp3) is 0.231. The molecule has 96 valence electrons. The molecule has 1 unspecified atom stereocenters. The number of benzene rings is 1. The van der Waals surface area contributed by atoms with Gasteiger partial charge in [-0.05, 0) is 19.1 Å². The van der Waals surface area contributed by atoms with Crippen molar-refractivity contribution in [3.8, 4) is 0 Å². The van der Waals surface area contributed by atoms with E-state index in [-0.39, 0.29) is 12.2 Å². The number of hydrogen-bond donors (Lipinski definition) is 1. The summed E-state index contributed by atoms with van der Waals surface area (Å²) in [6.45, 7) is 5.43. The molecule has 18 heavy (non-hydrogen) atoms. The highest BCUT2D eigenvalue weighted by atomic mass is 16.7. The monoisotopic (exact) mass is 250 g/mol. The van der Waals surface area contributed by atoms with E-state index in [0.29, 0.717) is 5.56 Å². The molecule has 0 saturated carbocycles. The Morgan fingerprint density at radius 2 is 2.11 bits per heavy atom. The van der Waals surface area contributed by atoms with E-state index >= 15 is 0 Å². The molecule has 0 aliphatic rings. The maximum absolute atomic E-state index is 11.7. The Labute approximate surface area is 105 Å². The molecule has 0 aliphatic carbocycles. The highest BCUT2D eigenvalue weighted by molar-refractivity contribution is 5.91. The molecule has 1 aromatic rings. The summed E-state index contributed by atoms with van der Waals surface area (Å²) in [5, 5.41) is 8.62. The molecule has 0 bridgehead atoms. The minimum Gasteiger partial charge on any atom is -0.462 e. The summed E-state index contributed by atoms with van der Waals surface area (Å²) in [6, 6.07) is 6.49. The van der Waals surface area contributed by atoms with Crippen molar-refractivity contribution in [3.05, 3.63) is 48.0 Å². The molecule has 5 nitrogen and oxygen atoms in total. The van der Waals surface area contributed by atoms with Gasteiger partial charge in [0.1, 0.15) is 6.10 Å². The lowest BCUT2D eigenvalue weighted by Crippen LogP contribution is -2.13. The van der Waals surface area contributed by atoms with Crippen LogP contribution in [0.25, 0.3) is 0 Å². The number of carbonyl (C=O) groups excluding carboxylic acids is 1. The van der Waals surface area contributed by atoms with E-state index in [2.05, 4.69) is 11.3 Å². The molecule has 0 amide bonds. The largest absolute Gasteiger partial charge is 0.506 e. The first-order valence-electron chi connectivity index (χ1n) is 5.38. The molecule has 0 spiro atoms. The van der Waals surface area contributed by atoms with Gasteiger partial charge in [0.05, 0.1) is 12.2 Å². The second kappa shape index (κ2) is 6.44. The van der Waals surface area contributed by atoms with Gasteiger partial charge in [-0.1, -0.05) is 24.8 Å². The Morgan fingerprint density at radius 3 is 2.67 bits per heavy atom. The maximum Gasteiger partial charge on any atom is 0.506 e. The quantitative estimate of drug-likeness (QED) is 0.642. The van der Waals surface area contributed by atoms with E-state index in [0.717, 1.165) is 0 Å². The zero-order chi connectivity index (χ0) is 13.5. The van der Waals surface area contributed by atoms with E-state index in [1.165, 1.54) is 6.08 Å². The fourth-order valence-electron chi connectivity index (χ4n) is 1.49. The Bertz CT molecular complexity index is 452. The summed E-state index contributed by atoms with van der Waals surface area (Å²) >= 11 is 0. The van der Waals surface area contributed by atoms with Crippen molar-refractivity contribution in [2.75, 3.05) is 6.61 Å². The van der Waals surface area contributed by atoms with Crippen LogP contribution in [0.15, 0.2) is 36.9 Å². The van der Waals surface area contributed by atoms with E-state index in [4.69, 9.17) is 9.84 Å². The molecule has 1 atom stereocenters. The third-order valence-electron chi connectivity index (χ3n) is 2.20. The number of rotatable bonds is 5. The molecule has 0 aliphatic heterocycles. The van der Waals surface area contributed by atoms with E-state index in [1.807, 2.05) is 0 Å². The Hall–Kier alpha value is -2.30. The number of esters is 1. The first kappa shape index (κ1) is 13.8. The van der Waals surface area contributed by atoms with Crippen molar-refractivity contribution in [1.82, 2.24) is 0 Å². The number of hydrogen-bond acceptors (Lipinski definition) is 4. The molecule has 0 radical (unpaired) electrons. The summed E-state index contributed by atoms with van der Waals surface area (Å²) < 4.78 is 9.54. The van der Waals surface area contributed by atoms with Gasteiger partial charge in [0.25, 0.3) is 0 Å². The van der Waals surface area contributed by atoms with Crippen LogP contribution in [0.1, 0.15) is 28.9 Å². The van der Waals surface area contributed by atoms with Crippen LogP contribution in [0.5, 0.6) is 0 Å². The lowest BCUT2D eigenvalue weighted by atomic mass is 10.0. The third-order valence-corrected chi connectivity index (χ3v) is 2.20. The Kier molecular flexibility index (Phi) is 4.92. The van der Waals surface area contributed by atoms with Crippen LogP contribution in [0.3, 0.4) is 0 Å². The van der Waals surface area contributed by atoms with Gasteiger partial charge in [-0.25, -0.2) is 9.59 Å². The molecule has 0 saturated heterocycles. The van der Waals surface area contributed by atoms with Gasteiger partial charge in [-0.2, -0.15) is 0 Å². The summed E-state index contributed by atoms with van der Waals surface area (Å²) in [7, 11) is 0. The summed E-state index contributed by atoms with van der Waals surface area (Å²) in [5.41, 5.74) is 0.679. The lowest BCUT2D eigenvalue weighted by molar-refractivity contribution is 0.0503. The standard InChI is InChI=1S/C13H14O5/c1-3-11(18-13(15)16)9-7-5-6-8-10(9)12(14)17-4-2/h3,5-8,11H,1,4H2,2H3,(H,15,16). The fourth-order valence-corrected chi connectivity index (χ4v) is 1.49. The smallest absolute Gasteiger partial charge is 0.462 e. The van der Waals surface area contributed by atoms with Gasteiger partial charge in [0, 0.05) is 5.56 Å². The van der Waals surface area contributed by atoms with E-state index < -0.39 is 18.2 Å². The molecular formula is C13H14O5. The van der Waals surface area contributed by atoms with Crippen LogP contribution in [-0.2, 0) is 9.47 Å². The van der Waals surface area contributed by atoms with Crippen LogP contribution in [-0.4, -0.2) is 23.8 Å². The molecule has 1 rings (SSSR count). The van der Waals surface area contributed by atoms with Crippen LogP contribution >= 0.6 is 0 Å². The van der Waals surface area contributed by atoms with Crippen molar-refractivity contribution in [1.29, 1.82) is 0 Å². The van der Waals surface area contributed by atoms with Gasteiger partial charge in [0.15, 0.2) is 0 Å². The highest BCUT2D eigenvalue weighted by Crippen LogP contribution is 2.23. The van der Waals surface area contributed by atoms with Crippen molar-refractivity contribution < 1.29 is 24.2 Å². The van der Waals surface area contributed by atoms with Crippen LogP contribution in [0.2, 0.25) is 0 Å². The molecule has 0 heterocycles. The average Bonchev–Trinajstić information content (AvgIpc) is 2.36. The normalized spacial score (nSPS) is 11.4. The van der Waals surface area contributed by atoms with Crippen LogP contribution in [0, 0.1) is 0 Å². The molecule has 5 heteroatoms. The van der Waals surface area contributed by atoms with Gasteiger partial charge < -0.3 is 14.6 Å². The van der Waals surface area contributed by atoms with Gasteiger partial charge in [-0.15, -0.1) is 0 Å². The van der Waals surface area contributed by atoms with Crippen LogP contribution in [0.4, 0.5) is 4.79 Å².